The Labute approximate surface area is 84.0 Å². The molecule has 0 unspecified atom stereocenters. The summed E-state index contributed by atoms with van der Waals surface area (Å²) in [4.78, 5) is 3.27. The normalized spacial score (nSPS) is 12.1. The van der Waals surface area contributed by atoms with Crippen LogP contribution in [0.1, 0.15) is 17.7 Å². The van der Waals surface area contributed by atoms with Crippen molar-refractivity contribution >= 4 is 10.0 Å². The molecule has 2 N–H and O–H groups in total. The molecule has 0 spiro atoms. The number of nitrogens with zero attached hydrogens (tertiary/aromatic N) is 1. The number of primary sulfonamides is 1. The fraction of sp³-hybridized carbons (Fsp3) is 0.286. The van der Waals surface area contributed by atoms with E-state index in [9.17, 15) is 21.6 Å². The van der Waals surface area contributed by atoms with Crippen molar-refractivity contribution in [3.63, 3.8) is 0 Å². The predicted octanol–water partition coefficient (Wildman–Crippen LogP) is 1.11. The van der Waals surface area contributed by atoms with Crippen LogP contribution in [-0.4, -0.2) is 13.4 Å². The molecule has 1 rings (SSSR count). The van der Waals surface area contributed by atoms with Gasteiger partial charge in [-0.1, -0.05) is 0 Å². The second-order valence-electron chi connectivity index (χ2n) is 2.79. The Bertz CT molecular complexity index is 487. The van der Waals surface area contributed by atoms with Crippen molar-refractivity contribution < 1.29 is 21.6 Å². The summed E-state index contributed by atoms with van der Waals surface area (Å²) in [6.45, 7) is 1.08. The van der Waals surface area contributed by atoms with Crippen molar-refractivity contribution in [3.05, 3.63) is 23.1 Å². The Morgan fingerprint density at radius 2 is 2.00 bits per heavy atom. The van der Waals surface area contributed by atoms with E-state index in [2.05, 4.69) is 10.1 Å². The molecule has 0 aliphatic heterocycles. The summed E-state index contributed by atoms with van der Waals surface area (Å²) >= 11 is 0. The molecule has 84 valence electrons. The van der Waals surface area contributed by atoms with Crippen molar-refractivity contribution in [1.29, 1.82) is 0 Å². The third-order valence-electron chi connectivity index (χ3n) is 1.65. The van der Waals surface area contributed by atoms with E-state index >= 15 is 0 Å². The van der Waals surface area contributed by atoms with E-state index in [1.807, 2.05) is 0 Å². The number of hydrogen-bond acceptors (Lipinski definition) is 3. The van der Waals surface area contributed by atoms with E-state index in [4.69, 9.17) is 0 Å². The summed E-state index contributed by atoms with van der Waals surface area (Å²) in [6.07, 6.45) is -3.12. The molecule has 4 nitrogen and oxygen atoms in total. The van der Waals surface area contributed by atoms with Crippen LogP contribution in [0, 0.1) is 12.7 Å². The van der Waals surface area contributed by atoms with Gasteiger partial charge in [0, 0.05) is 0 Å². The highest BCUT2D eigenvalue weighted by molar-refractivity contribution is 7.89. The van der Waals surface area contributed by atoms with Gasteiger partial charge < -0.3 is 0 Å². The highest BCUT2D eigenvalue weighted by Crippen LogP contribution is 2.24. The molecule has 0 atom stereocenters. The molecular weight excluding hydrogens is 233 g/mol. The van der Waals surface area contributed by atoms with Crippen molar-refractivity contribution in [2.45, 2.75) is 18.4 Å². The van der Waals surface area contributed by atoms with Crippen LogP contribution in [0.4, 0.5) is 13.2 Å². The van der Waals surface area contributed by atoms with E-state index < -0.39 is 38.5 Å². The zero-order valence-corrected chi connectivity index (χ0v) is 8.35. The first kappa shape index (κ1) is 11.9. The lowest BCUT2D eigenvalue weighted by Gasteiger charge is -2.06. The molecule has 0 amide bonds. The molecule has 0 aromatic carbocycles. The van der Waals surface area contributed by atoms with Crippen LogP contribution in [0.3, 0.4) is 0 Å². The minimum Gasteiger partial charge on any atom is -0.237 e. The zero-order chi connectivity index (χ0) is 11.8. The van der Waals surface area contributed by atoms with Gasteiger partial charge in [0.25, 0.3) is 16.4 Å². The second kappa shape index (κ2) is 3.78. The van der Waals surface area contributed by atoms with Crippen molar-refractivity contribution in [1.82, 2.24) is 4.98 Å². The summed E-state index contributed by atoms with van der Waals surface area (Å²) in [5, 5.41) is 3.92. The SMILES string of the molecule is Cc1nc(S(N)(=O)=O)cc(C(F)F)c1F. The predicted molar refractivity (Wildman–Crippen MR) is 45.3 cm³/mol. The van der Waals surface area contributed by atoms with Crippen LogP contribution in [0.25, 0.3) is 0 Å². The average Bonchev–Trinajstić information content (AvgIpc) is 2.06. The first-order valence-corrected chi connectivity index (χ1v) is 5.26. The Morgan fingerprint density at radius 3 is 2.40 bits per heavy atom. The number of sulfonamides is 1. The van der Waals surface area contributed by atoms with E-state index in [-0.39, 0.29) is 0 Å². The number of pyridine rings is 1. The molecule has 0 fully saturated rings. The Morgan fingerprint density at radius 1 is 1.47 bits per heavy atom. The molecule has 0 aliphatic carbocycles. The smallest absolute Gasteiger partial charge is 0.237 e. The summed E-state index contributed by atoms with van der Waals surface area (Å²) in [5.41, 5.74) is -1.46. The lowest BCUT2D eigenvalue weighted by atomic mass is 10.2. The van der Waals surface area contributed by atoms with E-state index in [0.29, 0.717) is 6.07 Å². The fourth-order valence-corrected chi connectivity index (χ4v) is 1.51. The van der Waals surface area contributed by atoms with Crippen LogP contribution in [0.5, 0.6) is 0 Å². The number of aromatic nitrogens is 1. The maximum absolute atomic E-state index is 13.0. The van der Waals surface area contributed by atoms with Gasteiger partial charge in [0.2, 0.25) is 0 Å². The summed E-state index contributed by atoms with van der Waals surface area (Å²) < 4.78 is 59.2. The van der Waals surface area contributed by atoms with Gasteiger partial charge in [0.05, 0.1) is 11.3 Å². The summed E-state index contributed by atoms with van der Waals surface area (Å²) in [7, 11) is -4.21. The van der Waals surface area contributed by atoms with E-state index in [0.717, 1.165) is 6.92 Å². The zero-order valence-electron chi connectivity index (χ0n) is 7.54. The molecular formula is C7H7F3N2O2S. The Hall–Kier alpha value is -1.15. The van der Waals surface area contributed by atoms with Crippen LogP contribution in [-0.2, 0) is 10.0 Å². The second-order valence-corrected chi connectivity index (χ2v) is 4.30. The van der Waals surface area contributed by atoms with Crippen molar-refractivity contribution in [2.24, 2.45) is 5.14 Å². The molecule has 15 heavy (non-hydrogen) atoms. The number of rotatable bonds is 2. The van der Waals surface area contributed by atoms with Gasteiger partial charge >= 0.3 is 0 Å². The number of hydrogen-bond donors (Lipinski definition) is 1. The largest absolute Gasteiger partial charge is 0.266 e. The van der Waals surface area contributed by atoms with Gasteiger partial charge in [0.1, 0.15) is 0 Å². The monoisotopic (exact) mass is 240 g/mol. The Kier molecular flexibility index (Phi) is 3.00. The topological polar surface area (TPSA) is 73.0 Å². The number of nitrogens with two attached hydrogens (primary N) is 1. The van der Waals surface area contributed by atoms with Gasteiger partial charge in [-0.3, -0.25) is 0 Å². The van der Waals surface area contributed by atoms with Gasteiger partial charge in [-0.25, -0.2) is 31.7 Å². The van der Waals surface area contributed by atoms with Gasteiger partial charge in [-0.2, -0.15) is 0 Å². The average molecular weight is 240 g/mol. The number of aryl methyl sites for hydroxylation is 1. The molecule has 0 saturated carbocycles. The molecule has 1 aromatic heterocycles. The lowest BCUT2D eigenvalue weighted by molar-refractivity contribution is 0.145. The standard InChI is InChI=1S/C7H7F3N2O2S/c1-3-6(8)4(7(9)10)2-5(12-3)15(11,13)14/h2,7H,1H3,(H2,11,13,14). The minimum absolute atomic E-state index is 0.433. The lowest BCUT2D eigenvalue weighted by Crippen LogP contribution is -2.16. The first-order valence-electron chi connectivity index (χ1n) is 3.71. The molecule has 8 heteroatoms. The fourth-order valence-electron chi connectivity index (χ4n) is 0.956. The van der Waals surface area contributed by atoms with Gasteiger partial charge in [-0.15, -0.1) is 0 Å². The van der Waals surface area contributed by atoms with Crippen LogP contribution < -0.4 is 5.14 Å². The van der Waals surface area contributed by atoms with Crippen LogP contribution in [0.2, 0.25) is 0 Å². The van der Waals surface area contributed by atoms with Crippen molar-refractivity contribution in [3.8, 4) is 0 Å². The number of halogens is 3. The molecule has 0 aliphatic rings. The molecule has 0 radical (unpaired) electrons. The Balaban J connectivity index is 3.50. The van der Waals surface area contributed by atoms with Crippen molar-refractivity contribution in [2.75, 3.05) is 0 Å². The summed E-state index contributed by atoms with van der Waals surface area (Å²) in [6, 6.07) is 0.433. The van der Waals surface area contributed by atoms with Crippen LogP contribution >= 0.6 is 0 Å². The summed E-state index contributed by atoms with van der Waals surface area (Å²) in [5.74, 6) is -1.22. The minimum atomic E-state index is -4.21. The molecule has 0 saturated heterocycles. The maximum Gasteiger partial charge on any atom is 0.266 e. The van der Waals surface area contributed by atoms with E-state index in [1.54, 1.807) is 0 Å². The third kappa shape index (κ3) is 2.45. The quantitative estimate of drug-likeness (QED) is 0.841. The maximum atomic E-state index is 13.0. The molecule has 1 aromatic rings. The van der Waals surface area contributed by atoms with Gasteiger partial charge in [-0.05, 0) is 13.0 Å². The first-order chi connectivity index (χ1) is 6.73. The van der Waals surface area contributed by atoms with Crippen LogP contribution in [0.15, 0.2) is 11.1 Å². The molecule has 1 heterocycles. The third-order valence-corrected chi connectivity index (χ3v) is 2.45. The van der Waals surface area contributed by atoms with Gasteiger partial charge in [0.15, 0.2) is 10.8 Å². The highest BCUT2D eigenvalue weighted by Gasteiger charge is 2.21. The number of alkyl halides is 2. The highest BCUT2D eigenvalue weighted by atomic mass is 32.2. The van der Waals surface area contributed by atoms with E-state index in [1.165, 1.54) is 0 Å². The molecule has 0 bridgehead atoms.